The van der Waals surface area contributed by atoms with Crippen LogP contribution in [-0.4, -0.2) is 25.3 Å². The maximum Gasteiger partial charge on any atom is 0.243 e. The Morgan fingerprint density at radius 3 is 2.88 bits per heavy atom. The minimum Gasteiger partial charge on any atom is -0.345 e. The van der Waals surface area contributed by atoms with Gasteiger partial charge in [-0.15, -0.1) is 0 Å². The van der Waals surface area contributed by atoms with E-state index in [1.807, 2.05) is 29.1 Å². The largest absolute Gasteiger partial charge is 0.345 e. The molecule has 3 heterocycles. The summed E-state index contributed by atoms with van der Waals surface area (Å²) in [5.41, 5.74) is 2.01. The third-order valence-electron chi connectivity index (χ3n) is 2.92. The number of aromatic nitrogens is 3. The molecular weight excluding hydrogens is 216 g/mol. The number of carbonyl (C=O) groups is 1. The Kier molecular flexibility index (Phi) is 2.36. The molecule has 2 aromatic rings. The molecule has 3 rings (SSSR count). The van der Waals surface area contributed by atoms with Crippen LogP contribution in [0.5, 0.6) is 0 Å². The maximum atomic E-state index is 12.0. The van der Waals surface area contributed by atoms with Crippen molar-refractivity contribution in [3.63, 3.8) is 0 Å². The molecule has 5 heteroatoms. The van der Waals surface area contributed by atoms with Gasteiger partial charge in [0, 0.05) is 30.7 Å². The molecule has 0 N–H and O–H groups in total. The fraction of sp³-hybridized carbons (Fsp3) is 0.250. The second-order valence-corrected chi connectivity index (χ2v) is 4.10. The lowest BCUT2D eigenvalue weighted by Crippen LogP contribution is -2.28. The van der Waals surface area contributed by atoms with Gasteiger partial charge in [0.1, 0.15) is 12.9 Å². The first kappa shape index (κ1) is 10.0. The fourth-order valence-electron chi connectivity index (χ4n) is 2.01. The van der Waals surface area contributed by atoms with Crippen LogP contribution in [0.3, 0.4) is 0 Å². The normalized spacial score (nSPS) is 13.8. The highest BCUT2D eigenvalue weighted by atomic mass is 16.2. The van der Waals surface area contributed by atoms with Crippen LogP contribution in [0.15, 0.2) is 37.1 Å². The summed E-state index contributed by atoms with van der Waals surface area (Å²) in [6.45, 7) is 1.60. The van der Waals surface area contributed by atoms with Gasteiger partial charge in [-0.05, 0) is 12.1 Å². The van der Waals surface area contributed by atoms with Gasteiger partial charge in [0.25, 0.3) is 0 Å². The average molecular weight is 228 g/mol. The molecule has 1 aliphatic rings. The molecule has 17 heavy (non-hydrogen) atoms. The standard InChI is InChI=1S/C12H12N4O/c17-12(8-15-3-1-2-4-15)16-6-10-5-13-9-14-11(10)7-16/h1-5,9H,6-8H2. The van der Waals surface area contributed by atoms with E-state index in [0.29, 0.717) is 19.6 Å². The molecule has 5 nitrogen and oxygen atoms in total. The minimum atomic E-state index is 0.110. The highest BCUT2D eigenvalue weighted by molar-refractivity contribution is 5.76. The van der Waals surface area contributed by atoms with Crippen molar-refractivity contribution < 1.29 is 4.79 Å². The van der Waals surface area contributed by atoms with Crippen LogP contribution < -0.4 is 0 Å². The van der Waals surface area contributed by atoms with Crippen molar-refractivity contribution in [2.75, 3.05) is 0 Å². The summed E-state index contributed by atoms with van der Waals surface area (Å²) in [5.74, 6) is 0.110. The molecule has 0 atom stereocenters. The third-order valence-corrected chi connectivity index (χ3v) is 2.92. The van der Waals surface area contributed by atoms with E-state index >= 15 is 0 Å². The van der Waals surface area contributed by atoms with Gasteiger partial charge < -0.3 is 9.47 Å². The lowest BCUT2D eigenvalue weighted by molar-refractivity contribution is -0.132. The number of hydrogen-bond donors (Lipinski definition) is 0. The zero-order valence-electron chi connectivity index (χ0n) is 9.28. The van der Waals surface area contributed by atoms with Gasteiger partial charge in [0.05, 0.1) is 12.2 Å². The first-order valence-corrected chi connectivity index (χ1v) is 5.49. The Bertz CT molecular complexity index is 510. The average Bonchev–Trinajstić information content (AvgIpc) is 2.96. The monoisotopic (exact) mass is 228 g/mol. The van der Waals surface area contributed by atoms with Gasteiger partial charge in [-0.25, -0.2) is 9.97 Å². The van der Waals surface area contributed by atoms with Crippen LogP contribution in [0, 0.1) is 0 Å². The van der Waals surface area contributed by atoms with E-state index in [1.54, 1.807) is 11.1 Å². The van der Waals surface area contributed by atoms with Crippen LogP contribution in [0.25, 0.3) is 0 Å². The van der Waals surface area contributed by atoms with Gasteiger partial charge in [-0.2, -0.15) is 0 Å². The van der Waals surface area contributed by atoms with Crippen molar-refractivity contribution in [2.45, 2.75) is 19.6 Å². The molecule has 0 fully saturated rings. The molecule has 0 radical (unpaired) electrons. The summed E-state index contributed by atoms with van der Waals surface area (Å²) in [4.78, 5) is 22.0. The summed E-state index contributed by atoms with van der Waals surface area (Å²) in [6, 6.07) is 3.83. The molecule has 0 aromatic carbocycles. The molecule has 0 saturated heterocycles. The highest BCUT2D eigenvalue weighted by Gasteiger charge is 2.24. The Hall–Kier alpha value is -2.17. The van der Waals surface area contributed by atoms with Gasteiger partial charge in [0.15, 0.2) is 0 Å². The Morgan fingerprint density at radius 1 is 1.29 bits per heavy atom. The smallest absolute Gasteiger partial charge is 0.243 e. The summed E-state index contributed by atoms with van der Waals surface area (Å²) in [5, 5.41) is 0. The van der Waals surface area contributed by atoms with E-state index in [0.717, 1.165) is 11.3 Å². The van der Waals surface area contributed by atoms with Crippen molar-refractivity contribution in [2.24, 2.45) is 0 Å². The third kappa shape index (κ3) is 1.91. The molecule has 0 saturated carbocycles. The van der Waals surface area contributed by atoms with E-state index in [4.69, 9.17) is 0 Å². The van der Waals surface area contributed by atoms with Gasteiger partial charge in [-0.3, -0.25) is 4.79 Å². The lowest BCUT2D eigenvalue weighted by Gasteiger charge is -2.15. The Balaban J connectivity index is 1.70. The van der Waals surface area contributed by atoms with Crippen molar-refractivity contribution in [3.8, 4) is 0 Å². The lowest BCUT2D eigenvalue weighted by atomic mass is 10.3. The predicted molar refractivity (Wildman–Crippen MR) is 60.7 cm³/mol. The van der Waals surface area contributed by atoms with E-state index in [2.05, 4.69) is 9.97 Å². The van der Waals surface area contributed by atoms with E-state index in [-0.39, 0.29) is 5.91 Å². The van der Waals surface area contributed by atoms with Crippen molar-refractivity contribution >= 4 is 5.91 Å². The van der Waals surface area contributed by atoms with Crippen molar-refractivity contribution in [1.29, 1.82) is 0 Å². The topological polar surface area (TPSA) is 51.0 Å². The van der Waals surface area contributed by atoms with Crippen molar-refractivity contribution in [3.05, 3.63) is 48.3 Å². The van der Waals surface area contributed by atoms with Crippen LogP contribution in [-0.2, 0) is 24.4 Å². The van der Waals surface area contributed by atoms with E-state index in [9.17, 15) is 4.79 Å². The van der Waals surface area contributed by atoms with Crippen LogP contribution in [0.1, 0.15) is 11.3 Å². The Labute approximate surface area is 98.7 Å². The first-order valence-electron chi connectivity index (χ1n) is 5.49. The number of amides is 1. The van der Waals surface area contributed by atoms with Crippen LogP contribution in [0.2, 0.25) is 0 Å². The van der Waals surface area contributed by atoms with Crippen LogP contribution >= 0.6 is 0 Å². The predicted octanol–water partition coefficient (Wildman–Crippen LogP) is 0.821. The summed E-state index contributed by atoms with van der Waals surface area (Å²) < 4.78 is 1.87. The fourth-order valence-corrected chi connectivity index (χ4v) is 2.01. The highest BCUT2D eigenvalue weighted by Crippen LogP contribution is 2.19. The van der Waals surface area contributed by atoms with Gasteiger partial charge in [0.2, 0.25) is 5.91 Å². The van der Waals surface area contributed by atoms with Gasteiger partial charge in [-0.1, -0.05) is 0 Å². The maximum absolute atomic E-state index is 12.0. The SMILES string of the molecule is O=C(Cn1cccc1)N1Cc2cncnc2C1. The molecule has 86 valence electrons. The molecule has 0 unspecified atom stereocenters. The molecule has 2 aromatic heterocycles. The van der Waals surface area contributed by atoms with Gasteiger partial charge >= 0.3 is 0 Å². The summed E-state index contributed by atoms with van der Waals surface area (Å²) in [6.07, 6.45) is 7.09. The number of nitrogens with zero attached hydrogens (tertiary/aromatic N) is 4. The number of fused-ring (bicyclic) bond motifs is 1. The molecule has 0 aliphatic carbocycles. The van der Waals surface area contributed by atoms with Crippen molar-refractivity contribution in [1.82, 2.24) is 19.4 Å². The summed E-state index contributed by atoms with van der Waals surface area (Å²) in [7, 11) is 0. The summed E-state index contributed by atoms with van der Waals surface area (Å²) >= 11 is 0. The minimum absolute atomic E-state index is 0.110. The molecule has 0 bridgehead atoms. The quantitative estimate of drug-likeness (QED) is 0.764. The zero-order valence-corrected chi connectivity index (χ0v) is 9.28. The molecule has 1 aliphatic heterocycles. The zero-order chi connectivity index (χ0) is 11.7. The van der Waals surface area contributed by atoms with Crippen LogP contribution in [0.4, 0.5) is 0 Å². The first-order chi connectivity index (χ1) is 8.33. The Morgan fingerprint density at radius 2 is 2.12 bits per heavy atom. The molecular formula is C12H12N4O. The van der Waals surface area contributed by atoms with E-state index in [1.165, 1.54) is 6.33 Å². The molecule has 0 spiro atoms. The number of carbonyl (C=O) groups excluding carboxylic acids is 1. The number of hydrogen-bond acceptors (Lipinski definition) is 3. The second-order valence-electron chi connectivity index (χ2n) is 4.10. The molecule has 1 amide bonds. The second kappa shape index (κ2) is 4.01. The number of rotatable bonds is 2. The van der Waals surface area contributed by atoms with E-state index < -0.39 is 0 Å².